The summed E-state index contributed by atoms with van der Waals surface area (Å²) in [6, 6.07) is 19.8. The smallest absolute Gasteiger partial charge is 0.411 e. The number of pyridine rings is 1. The van der Waals surface area contributed by atoms with Crippen LogP contribution in [0.1, 0.15) is 25.3 Å². The number of benzene rings is 2. The van der Waals surface area contributed by atoms with Crippen molar-refractivity contribution in [1.82, 2.24) is 4.98 Å². The van der Waals surface area contributed by atoms with Crippen molar-refractivity contribution in [2.75, 3.05) is 11.9 Å². The number of thiophene rings is 1. The number of amides is 1. The Morgan fingerprint density at radius 3 is 2.33 bits per heavy atom. The Kier molecular flexibility index (Phi) is 6.53. The number of allylic oxidation sites excluding steroid dienone is 3. The third kappa shape index (κ3) is 4.86. The summed E-state index contributed by atoms with van der Waals surface area (Å²) >= 11 is 1.52. The van der Waals surface area contributed by atoms with E-state index in [4.69, 9.17) is 4.74 Å². The molecule has 1 amide bonds. The molecule has 0 saturated heterocycles. The molecule has 0 radical (unpaired) electrons. The van der Waals surface area contributed by atoms with Crippen LogP contribution in [0.15, 0.2) is 91.2 Å². The van der Waals surface area contributed by atoms with Gasteiger partial charge in [-0.2, -0.15) is 0 Å². The van der Waals surface area contributed by atoms with E-state index in [1.807, 2.05) is 72.8 Å². The first-order valence-electron chi connectivity index (χ1n) is 13.1. The van der Waals surface area contributed by atoms with Crippen molar-refractivity contribution in [3.8, 4) is 21.6 Å². The SMILES string of the molecule is CC1C=CC=CC1COC(=O)Nc1c(-c2ccc(-c3ccc(C4(C(=O)O)CC4)cc3)cc2)sc2ncccc12. The summed E-state index contributed by atoms with van der Waals surface area (Å²) in [5.41, 5.74) is 3.87. The second-order valence-electron chi connectivity index (χ2n) is 10.2. The summed E-state index contributed by atoms with van der Waals surface area (Å²) in [5, 5.41) is 13.4. The van der Waals surface area contributed by atoms with Crippen molar-refractivity contribution < 1.29 is 19.4 Å². The summed E-state index contributed by atoms with van der Waals surface area (Å²) < 4.78 is 5.61. The fourth-order valence-electron chi connectivity index (χ4n) is 5.09. The van der Waals surface area contributed by atoms with E-state index in [1.54, 1.807) is 6.20 Å². The number of fused-ring (bicyclic) bond motifs is 1. The maximum atomic E-state index is 12.8. The molecule has 1 fully saturated rings. The molecular weight excluding hydrogens is 508 g/mol. The maximum Gasteiger partial charge on any atom is 0.411 e. The van der Waals surface area contributed by atoms with E-state index in [-0.39, 0.29) is 5.92 Å². The second kappa shape index (κ2) is 10.2. The van der Waals surface area contributed by atoms with Gasteiger partial charge >= 0.3 is 12.1 Å². The van der Waals surface area contributed by atoms with Crippen LogP contribution in [0.3, 0.4) is 0 Å². The van der Waals surface area contributed by atoms with Crippen LogP contribution in [0.4, 0.5) is 10.5 Å². The third-order valence-corrected chi connectivity index (χ3v) is 8.90. The van der Waals surface area contributed by atoms with Gasteiger partial charge in [-0.05, 0) is 53.1 Å². The number of ether oxygens (including phenoxy) is 1. The van der Waals surface area contributed by atoms with Gasteiger partial charge in [0.15, 0.2) is 0 Å². The highest BCUT2D eigenvalue weighted by Gasteiger charge is 2.51. The fourth-order valence-corrected chi connectivity index (χ4v) is 6.19. The van der Waals surface area contributed by atoms with Crippen LogP contribution < -0.4 is 5.32 Å². The Bertz CT molecular complexity index is 1600. The molecule has 2 aliphatic rings. The summed E-state index contributed by atoms with van der Waals surface area (Å²) in [7, 11) is 0. The number of nitrogens with zero attached hydrogens (tertiary/aromatic N) is 1. The first kappa shape index (κ1) is 25.1. The van der Waals surface area contributed by atoms with E-state index in [2.05, 4.69) is 29.4 Å². The van der Waals surface area contributed by atoms with E-state index in [0.29, 0.717) is 31.1 Å². The quantitative estimate of drug-likeness (QED) is 0.253. The van der Waals surface area contributed by atoms with Gasteiger partial charge in [0.2, 0.25) is 0 Å². The number of hydrogen-bond acceptors (Lipinski definition) is 5. The van der Waals surface area contributed by atoms with Gasteiger partial charge in [0, 0.05) is 17.5 Å². The average Bonchev–Trinajstić information content (AvgIpc) is 3.70. The van der Waals surface area contributed by atoms with Crippen LogP contribution >= 0.6 is 11.3 Å². The molecule has 196 valence electrons. The van der Waals surface area contributed by atoms with Gasteiger partial charge in [0.1, 0.15) is 11.4 Å². The van der Waals surface area contributed by atoms with E-state index in [1.165, 1.54) is 11.3 Å². The monoisotopic (exact) mass is 536 g/mol. The minimum Gasteiger partial charge on any atom is -0.481 e. The number of nitrogens with one attached hydrogen (secondary N) is 1. The zero-order valence-corrected chi connectivity index (χ0v) is 22.3. The minimum absolute atomic E-state index is 0.154. The molecule has 2 heterocycles. The number of aliphatic carboxylic acids is 1. The van der Waals surface area contributed by atoms with Crippen LogP contribution in [0.5, 0.6) is 0 Å². The molecule has 4 aromatic rings. The largest absolute Gasteiger partial charge is 0.481 e. The summed E-state index contributed by atoms with van der Waals surface area (Å²) in [4.78, 5) is 30.7. The Morgan fingerprint density at radius 2 is 1.67 bits per heavy atom. The number of carbonyl (C=O) groups excluding carboxylic acids is 1. The topological polar surface area (TPSA) is 88.5 Å². The molecule has 2 N–H and O–H groups in total. The molecule has 0 aliphatic heterocycles. The van der Waals surface area contributed by atoms with Crippen LogP contribution in [0.25, 0.3) is 31.8 Å². The predicted molar refractivity (Wildman–Crippen MR) is 155 cm³/mol. The molecule has 2 unspecified atom stereocenters. The van der Waals surface area contributed by atoms with Crippen molar-refractivity contribution in [1.29, 1.82) is 0 Å². The molecule has 6 nitrogen and oxygen atoms in total. The molecule has 2 aromatic carbocycles. The van der Waals surface area contributed by atoms with Gasteiger partial charge in [-0.3, -0.25) is 10.1 Å². The van der Waals surface area contributed by atoms with Gasteiger partial charge in [0.05, 0.1) is 16.0 Å². The van der Waals surface area contributed by atoms with E-state index in [0.717, 1.165) is 37.3 Å². The molecule has 7 heteroatoms. The van der Waals surface area contributed by atoms with Gasteiger partial charge in [0.25, 0.3) is 0 Å². The van der Waals surface area contributed by atoms with Crippen molar-refractivity contribution in [2.45, 2.75) is 25.2 Å². The van der Waals surface area contributed by atoms with Gasteiger partial charge in [-0.25, -0.2) is 9.78 Å². The molecule has 2 aromatic heterocycles. The van der Waals surface area contributed by atoms with E-state index in [9.17, 15) is 14.7 Å². The maximum absolute atomic E-state index is 12.8. The average molecular weight is 537 g/mol. The Balaban J connectivity index is 1.22. The highest BCUT2D eigenvalue weighted by Crippen LogP contribution is 2.48. The molecule has 2 aliphatic carbocycles. The highest BCUT2D eigenvalue weighted by atomic mass is 32.1. The normalized spacial score (nSPS) is 19.1. The standard InChI is InChI=1S/C32H28N2O4S/c1-20-5-2-3-6-24(20)19-38-31(37)34-27-26-7-4-18-33-29(26)39-28(27)23-10-8-21(9-11-23)22-12-14-25(15-13-22)32(16-17-32)30(35)36/h2-15,18,20,24H,16-17,19H2,1H3,(H,34,37)(H,35,36). The van der Waals surface area contributed by atoms with E-state index < -0.39 is 17.5 Å². The molecule has 6 rings (SSSR count). The summed E-state index contributed by atoms with van der Waals surface area (Å²) in [5.74, 6) is -0.281. The minimum atomic E-state index is -0.747. The van der Waals surface area contributed by atoms with Crippen molar-refractivity contribution in [3.63, 3.8) is 0 Å². The van der Waals surface area contributed by atoms with E-state index >= 15 is 0 Å². The molecule has 0 spiro atoms. The lowest BCUT2D eigenvalue weighted by Gasteiger charge is -2.20. The molecule has 1 saturated carbocycles. The number of hydrogen-bond donors (Lipinski definition) is 2. The number of carbonyl (C=O) groups is 2. The highest BCUT2D eigenvalue weighted by molar-refractivity contribution is 7.22. The Hall–Kier alpha value is -4.23. The first-order valence-corrected chi connectivity index (χ1v) is 13.9. The molecular formula is C32H28N2O4S. The zero-order chi connectivity index (χ0) is 27.0. The lowest BCUT2D eigenvalue weighted by atomic mass is 9.91. The van der Waals surface area contributed by atoms with Crippen molar-refractivity contribution in [2.24, 2.45) is 11.8 Å². The van der Waals surface area contributed by atoms with Gasteiger partial charge < -0.3 is 9.84 Å². The van der Waals surface area contributed by atoms with Gasteiger partial charge in [-0.1, -0.05) is 79.8 Å². The molecule has 2 atom stereocenters. The summed E-state index contributed by atoms with van der Waals surface area (Å²) in [6.07, 6.45) is 10.8. The number of carboxylic acid groups (broad SMARTS) is 1. The van der Waals surface area contributed by atoms with Crippen LogP contribution in [0.2, 0.25) is 0 Å². The molecule has 0 bridgehead atoms. The predicted octanol–water partition coefficient (Wildman–Crippen LogP) is 7.67. The first-order chi connectivity index (χ1) is 18.9. The number of aromatic nitrogens is 1. The third-order valence-electron chi connectivity index (χ3n) is 7.74. The lowest BCUT2D eigenvalue weighted by Crippen LogP contribution is -2.21. The van der Waals surface area contributed by atoms with Crippen molar-refractivity contribution in [3.05, 3.63) is 96.7 Å². The molecule has 39 heavy (non-hydrogen) atoms. The number of rotatable bonds is 7. The second-order valence-corrected chi connectivity index (χ2v) is 11.2. The number of carboxylic acids is 1. The Labute approximate surface area is 230 Å². The van der Waals surface area contributed by atoms with Crippen LogP contribution in [-0.4, -0.2) is 28.8 Å². The lowest BCUT2D eigenvalue weighted by molar-refractivity contribution is -0.140. The van der Waals surface area contributed by atoms with Crippen molar-refractivity contribution >= 4 is 39.3 Å². The zero-order valence-electron chi connectivity index (χ0n) is 21.5. The fraction of sp³-hybridized carbons (Fsp3) is 0.219. The number of anilines is 1. The summed E-state index contributed by atoms with van der Waals surface area (Å²) in [6.45, 7) is 2.42. The van der Waals surface area contributed by atoms with Crippen LogP contribution in [-0.2, 0) is 14.9 Å². The Morgan fingerprint density at radius 1 is 1.00 bits per heavy atom. The van der Waals surface area contributed by atoms with Gasteiger partial charge in [-0.15, -0.1) is 11.3 Å². The van der Waals surface area contributed by atoms with Crippen LogP contribution in [0, 0.1) is 11.8 Å².